The number of carbonyl (C=O) groups is 1. The summed E-state index contributed by atoms with van der Waals surface area (Å²) in [5.41, 5.74) is 0.866. The molecule has 1 heterocycles. The highest BCUT2D eigenvalue weighted by Gasteiger charge is 2.35. The molecule has 1 aliphatic rings. The maximum Gasteiger partial charge on any atom is 0.410 e. The van der Waals surface area contributed by atoms with E-state index in [-0.39, 0.29) is 18.2 Å². The van der Waals surface area contributed by atoms with Crippen LogP contribution in [-0.4, -0.2) is 46.7 Å². The SMILES string of the molecule is C[C@H]1CN(Cc2ccccc2)C[C@H](C)N1C(=O)OC(C)(C)C. The molecule has 0 aliphatic carbocycles. The second kappa shape index (κ2) is 6.69. The summed E-state index contributed by atoms with van der Waals surface area (Å²) in [4.78, 5) is 16.7. The normalized spacial score (nSPS) is 23.4. The Balaban J connectivity index is 1.98. The highest BCUT2D eigenvalue weighted by molar-refractivity contribution is 5.69. The molecule has 0 radical (unpaired) electrons. The third-order valence-electron chi connectivity index (χ3n) is 3.85. The third-order valence-corrected chi connectivity index (χ3v) is 3.85. The van der Waals surface area contributed by atoms with Gasteiger partial charge in [-0.25, -0.2) is 4.79 Å². The first-order valence-corrected chi connectivity index (χ1v) is 8.04. The minimum absolute atomic E-state index is 0.155. The van der Waals surface area contributed by atoms with Crippen molar-refractivity contribution < 1.29 is 9.53 Å². The van der Waals surface area contributed by atoms with Crippen molar-refractivity contribution in [3.8, 4) is 0 Å². The number of piperazine rings is 1. The van der Waals surface area contributed by atoms with E-state index in [9.17, 15) is 4.79 Å². The van der Waals surface area contributed by atoms with Gasteiger partial charge in [-0.1, -0.05) is 30.3 Å². The molecule has 1 aromatic rings. The molecule has 0 N–H and O–H groups in total. The highest BCUT2D eigenvalue weighted by atomic mass is 16.6. The first kappa shape index (κ1) is 16.8. The van der Waals surface area contributed by atoms with E-state index in [0.717, 1.165) is 19.6 Å². The Morgan fingerprint density at radius 2 is 1.68 bits per heavy atom. The van der Waals surface area contributed by atoms with E-state index >= 15 is 0 Å². The van der Waals surface area contributed by atoms with Crippen molar-refractivity contribution in [1.29, 1.82) is 0 Å². The van der Waals surface area contributed by atoms with Gasteiger partial charge in [0.1, 0.15) is 5.60 Å². The van der Waals surface area contributed by atoms with Gasteiger partial charge in [-0.15, -0.1) is 0 Å². The van der Waals surface area contributed by atoms with Crippen molar-refractivity contribution in [2.24, 2.45) is 0 Å². The molecule has 0 unspecified atom stereocenters. The largest absolute Gasteiger partial charge is 0.444 e. The Morgan fingerprint density at radius 1 is 1.14 bits per heavy atom. The van der Waals surface area contributed by atoms with Crippen LogP contribution in [0.15, 0.2) is 30.3 Å². The second-order valence-corrected chi connectivity index (χ2v) is 7.27. The fourth-order valence-corrected chi connectivity index (χ4v) is 3.08. The van der Waals surface area contributed by atoms with Crippen LogP contribution >= 0.6 is 0 Å². The number of amides is 1. The number of hydrogen-bond donors (Lipinski definition) is 0. The van der Waals surface area contributed by atoms with Crippen LogP contribution < -0.4 is 0 Å². The number of hydrogen-bond acceptors (Lipinski definition) is 3. The molecule has 1 aliphatic heterocycles. The predicted molar refractivity (Wildman–Crippen MR) is 88.7 cm³/mol. The van der Waals surface area contributed by atoms with E-state index in [1.165, 1.54) is 5.56 Å². The monoisotopic (exact) mass is 304 g/mol. The minimum Gasteiger partial charge on any atom is -0.444 e. The molecule has 1 amide bonds. The zero-order chi connectivity index (χ0) is 16.3. The van der Waals surface area contributed by atoms with Gasteiger partial charge in [0.2, 0.25) is 0 Å². The van der Waals surface area contributed by atoms with E-state index < -0.39 is 5.60 Å². The van der Waals surface area contributed by atoms with Gasteiger partial charge in [0.25, 0.3) is 0 Å². The molecular formula is C18H28N2O2. The lowest BCUT2D eigenvalue weighted by atomic mass is 10.1. The molecule has 0 bridgehead atoms. The van der Waals surface area contributed by atoms with Crippen LogP contribution in [0.1, 0.15) is 40.2 Å². The Hall–Kier alpha value is -1.55. The summed E-state index contributed by atoms with van der Waals surface area (Å²) in [5.74, 6) is 0. The molecule has 0 saturated carbocycles. The van der Waals surface area contributed by atoms with E-state index in [4.69, 9.17) is 4.74 Å². The molecule has 122 valence electrons. The molecule has 0 spiro atoms. The van der Waals surface area contributed by atoms with Gasteiger partial charge in [0.15, 0.2) is 0 Å². The number of benzene rings is 1. The maximum absolute atomic E-state index is 12.4. The third kappa shape index (κ3) is 4.47. The lowest BCUT2D eigenvalue weighted by molar-refractivity contribution is -0.0162. The van der Waals surface area contributed by atoms with Gasteiger partial charge < -0.3 is 9.64 Å². The molecule has 2 atom stereocenters. The quantitative estimate of drug-likeness (QED) is 0.838. The summed E-state index contributed by atoms with van der Waals surface area (Å²) in [5, 5.41) is 0. The van der Waals surface area contributed by atoms with Crippen LogP contribution in [0.4, 0.5) is 4.79 Å². The molecule has 1 fully saturated rings. The lowest BCUT2D eigenvalue weighted by Gasteiger charge is -2.44. The van der Waals surface area contributed by atoms with Crippen molar-refractivity contribution in [3.05, 3.63) is 35.9 Å². The molecule has 4 nitrogen and oxygen atoms in total. The molecule has 1 aromatic carbocycles. The van der Waals surface area contributed by atoms with Crippen LogP contribution in [0.5, 0.6) is 0 Å². The van der Waals surface area contributed by atoms with Crippen LogP contribution in [0.3, 0.4) is 0 Å². The fraction of sp³-hybridized carbons (Fsp3) is 0.611. The Kier molecular flexibility index (Phi) is 5.12. The maximum atomic E-state index is 12.4. The summed E-state index contributed by atoms with van der Waals surface area (Å²) in [6, 6.07) is 10.8. The molecule has 4 heteroatoms. The molecule has 22 heavy (non-hydrogen) atoms. The first-order chi connectivity index (χ1) is 10.3. The average molecular weight is 304 g/mol. The van der Waals surface area contributed by atoms with Crippen LogP contribution in [0.25, 0.3) is 0 Å². The summed E-state index contributed by atoms with van der Waals surface area (Å²) in [6.07, 6.45) is -0.202. The van der Waals surface area contributed by atoms with E-state index in [2.05, 4.69) is 43.0 Å². The van der Waals surface area contributed by atoms with Crippen molar-refractivity contribution in [3.63, 3.8) is 0 Å². The van der Waals surface area contributed by atoms with Gasteiger partial charge >= 0.3 is 6.09 Å². The Morgan fingerprint density at radius 3 is 2.18 bits per heavy atom. The summed E-state index contributed by atoms with van der Waals surface area (Å²) in [6.45, 7) is 12.6. The van der Waals surface area contributed by atoms with Crippen LogP contribution in [-0.2, 0) is 11.3 Å². The summed E-state index contributed by atoms with van der Waals surface area (Å²) >= 11 is 0. The number of nitrogens with zero attached hydrogens (tertiary/aromatic N) is 2. The van der Waals surface area contributed by atoms with E-state index in [0.29, 0.717) is 0 Å². The van der Waals surface area contributed by atoms with E-state index in [1.54, 1.807) is 0 Å². The molecular weight excluding hydrogens is 276 g/mol. The molecule has 1 saturated heterocycles. The van der Waals surface area contributed by atoms with Gasteiger partial charge in [-0.05, 0) is 40.2 Å². The van der Waals surface area contributed by atoms with Crippen molar-refractivity contribution in [2.45, 2.75) is 58.8 Å². The zero-order valence-electron chi connectivity index (χ0n) is 14.4. The standard InChI is InChI=1S/C18H28N2O2/c1-14-11-19(13-16-9-7-6-8-10-16)12-15(2)20(14)17(21)22-18(3,4)5/h6-10,14-15H,11-13H2,1-5H3/t14-,15-/m0/s1. The summed E-state index contributed by atoms with van der Waals surface area (Å²) in [7, 11) is 0. The van der Waals surface area contributed by atoms with Crippen molar-refractivity contribution in [2.75, 3.05) is 13.1 Å². The van der Waals surface area contributed by atoms with Crippen LogP contribution in [0.2, 0.25) is 0 Å². The van der Waals surface area contributed by atoms with Gasteiger partial charge in [-0.3, -0.25) is 4.90 Å². The fourth-order valence-electron chi connectivity index (χ4n) is 3.08. The molecule has 0 aromatic heterocycles. The predicted octanol–water partition coefficient (Wildman–Crippen LogP) is 3.52. The minimum atomic E-state index is -0.447. The average Bonchev–Trinajstić information content (AvgIpc) is 2.36. The number of carbonyl (C=O) groups excluding carboxylic acids is 1. The van der Waals surface area contributed by atoms with Gasteiger partial charge in [0.05, 0.1) is 0 Å². The highest BCUT2D eigenvalue weighted by Crippen LogP contribution is 2.21. The number of rotatable bonds is 2. The first-order valence-electron chi connectivity index (χ1n) is 8.04. The Labute approximate surface area is 134 Å². The zero-order valence-corrected chi connectivity index (χ0v) is 14.4. The van der Waals surface area contributed by atoms with Crippen molar-refractivity contribution in [1.82, 2.24) is 9.80 Å². The summed E-state index contributed by atoms with van der Waals surface area (Å²) < 4.78 is 5.54. The second-order valence-electron chi connectivity index (χ2n) is 7.27. The van der Waals surface area contributed by atoms with Gasteiger partial charge in [0, 0.05) is 31.7 Å². The van der Waals surface area contributed by atoms with E-state index in [1.807, 2.05) is 31.7 Å². The molecule has 2 rings (SSSR count). The topological polar surface area (TPSA) is 32.8 Å². The number of ether oxygens (including phenoxy) is 1. The van der Waals surface area contributed by atoms with Crippen molar-refractivity contribution >= 4 is 6.09 Å². The van der Waals surface area contributed by atoms with Gasteiger partial charge in [-0.2, -0.15) is 0 Å². The lowest BCUT2D eigenvalue weighted by Crippen LogP contribution is -2.59. The Bertz CT molecular complexity index is 484. The van der Waals surface area contributed by atoms with Crippen LogP contribution in [0, 0.1) is 0 Å². The smallest absolute Gasteiger partial charge is 0.410 e.